The molecule has 0 amide bonds. The lowest BCUT2D eigenvalue weighted by Crippen LogP contribution is -1.83. The predicted molar refractivity (Wildman–Crippen MR) is 113 cm³/mol. The predicted octanol–water partition coefficient (Wildman–Crippen LogP) is 6.03. The second-order valence-electron chi connectivity index (χ2n) is 6.24. The highest BCUT2D eigenvalue weighted by Crippen LogP contribution is 2.34. The Labute approximate surface area is 164 Å². The van der Waals surface area contributed by atoms with Crippen molar-refractivity contribution in [2.45, 2.75) is 0 Å². The van der Waals surface area contributed by atoms with E-state index in [2.05, 4.69) is 15.0 Å². The summed E-state index contributed by atoms with van der Waals surface area (Å²) >= 11 is 1.55. The highest BCUT2D eigenvalue weighted by atomic mass is 32.1. The number of fused-ring (bicyclic) bond motifs is 3. The van der Waals surface area contributed by atoms with E-state index in [4.69, 9.17) is 4.74 Å². The third-order valence-electron chi connectivity index (χ3n) is 4.44. The SMILES string of the molecule is Oc1[nH]c2ccc3ncsc3c2c1C=Nc1ccc(Oc2ccccc2)cc1. The van der Waals surface area contributed by atoms with Crippen LogP contribution in [0.5, 0.6) is 17.4 Å². The van der Waals surface area contributed by atoms with Gasteiger partial charge in [0.05, 0.1) is 32.5 Å². The summed E-state index contributed by atoms with van der Waals surface area (Å²) in [5.74, 6) is 1.63. The van der Waals surface area contributed by atoms with Crippen LogP contribution in [0.2, 0.25) is 0 Å². The van der Waals surface area contributed by atoms with Gasteiger partial charge < -0.3 is 14.8 Å². The van der Waals surface area contributed by atoms with E-state index in [1.807, 2.05) is 66.7 Å². The van der Waals surface area contributed by atoms with Crippen molar-refractivity contribution >= 4 is 44.4 Å². The van der Waals surface area contributed by atoms with Gasteiger partial charge in [0.25, 0.3) is 0 Å². The zero-order chi connectivity index (χ0) is 18.9. The number of aromatic nitrogens is 2. The molecule has 6 heteroatoms. The van der Waals surface area contributed by atoms with Gasteiger partial charge in [-0.3, -0.25) is 4.99 Å². The molecule has 0 radical (unpaired) electrons. The van der Waals surface area contributed by atoms with Gasteiger partial charge in [-0.15, -0.1) is 11.3 Å². The molecule has 0 spiro atoms. The molecule has 0 fully saturated rings. The summed E-state index contributed by atoms with van der Waals surface area (Å²) in [6.45, 7) is 0. The summed E-state index contributed by atoms with van der Waals surface area (Å²) in [5.41, 5.74) is 5.01. The minimum atomic E-state index is 0.101. The van der Waals surface area contributed by atoms with Crippen molar-refractivity contribution in [1.29, 1.82) is 0 Å². The molecule has 0 saturated heterocycles. The van der Waals surface area contributed by atoms with Crippen LogP contribution in [-0.2, 0) is 0 Å². The maximum Gasteiger partial charge on any atom is 0.198 e. The monoisotopic (exact) mass is 385 g/mol. The number of nitrogens with zero attached hydrogens (tertiary/aromatic N) is 2. The van der Waals surface area contributed by atoms with Crippen LogP contribution in [0.25, 0.3) is 21.1 Å². The van der Waals surface area contributed by atoms with Crippen LogP contribution in [-0.4, -0.2) is 21.3 Å². The summed E-state index contributed by atoms with van der Waals surface area (Å²) in [4.78, 5) is 11.9. The van der Waals surface area contributed by atoms with Gasteiger partial charge in [-0.05, 0) is 48.5 Å². The van der Waals surface area contributed by atoms with Crippen molar-refractivity contribution in [3.05, 3.63) is 77.8 Å². The fourth-order valence-corrected chi connectivity index (χ4v) is 3.95. The molecule has 5 rings (SSSR count). The first-order valence-corrected chi connectivity index (χ1v) is 9.60. The van der Waals surface area contributed by atoms with Crippen molar-refractivity contribution in [2.24, 2.45) is 4.99 Å². The zero-order valence-corrected chi connectivity index (χ0v) is 15.5. The first kappa shape index (κ1) is 16.5. The third kappa shape index (κ3) is 3.00. The van der Waals surface area contributed by atoms with Crippen LogP contribution >= 0.6 is 11.3 Å². The van der Waals surface area contributed by atoms with E-state index in [0.29, 0.717) is 5.56 Å². The van der Waals surface area contributed by atoms with E-state index in [9.17, 15) is 5.11 Å². The van der Waals surface area contributed by atoms with Crippen molar-refractivity contribution < 1.29 is 9.84 Å². The average molecular weight is 385 g/mol. The van der Waals surface area contributed by atoms with E-state index >= 15 is 0 Å². The fraction of sp³-hybridized carbons (Fsp3) is 0. The van der Waals surface area contributed by atoms with Crippen LogP contribution in [0.15, 0.2) is 77.2 Å². The number of aromatic amines is 1. The van der Waals surface area contributed by atoms with E-state index in [-0.39, 0.29) is 5.88 Å². The van der Waals surface area contributed by atoms with Crippen LogP contribution in [0.1, 0.15) is 5.56 Å². The Hall–Kier alpha value is -3.64. The quantitative estimate of drug-likeness (QED) is 0.371. The topological polar surface area (TPSA) is 70.5 Å². The molecular formula is C22H15N3O2S. The Kier molecular flexibility index (Phi) is 4.03. The summed E-state index contributed by atoms with van der Waals surface area (Å²) < 4.78 is 6.83. The molecule has 136 valence electrons. The highest BCUT2D eigenvalue weighted by molar-refractivity contribution is 7.17. The minimum Gasteiger partial charge on any atom is -0.494 e. The van der Waals surface area contributed by atoms with Gasteiger partial charge in [-0.2, -0.15) is 0 Å². The Morgan fingerprint density at radius 2 is 1.75 bits per heavy atom. The Morgan fingerprint density at radius 3 is 2.57 bits per heavy atom. The second kappa shape index (κ2) is 6.83. The lowest BCUT2D eigenvalue weighted by Gasteiger charge is -2.05. The average Bonchev–Trinajstić information content (AvgIpc) is 3.32. The molecule has 2 aromatic heterocycles. The molecule has 5 aromatic rings. The lowest BCUT2D eigenvalue weighted by atomic mass is 10.1. The van der Waals surface area contributed by atoms with Crippen LogP contribution in [0, 0.1) is 0 Å². The first-order valence-electron chi connectivity index (χ1n) is 8.72. The number of hydrogen-bond acceptors (Lipinski definition) is 5. The van der Waals surface area contributed by atoms with Gasteiger partial charge in [0.2, 0.25) is 0 Å². The number of ether oxygens (including phenoxy) is 1. The number of nitrogens with one attached hydrogen (secondary N) is 1. The van der Waals surface area contributed by atoms with Gasteiger partial charge in [0.1, 0.15) is 11.5 Å². The standard InChI is InChI=1S/C22H15N3O2S/c26-22-17(20-18(25-22)10-11-19-21(20)28-13-24-19)12-23-14-6-8-16(9-7-14)27-15-4-2-1-3-5-15/h1-13,25-26H. The van der Waals surface area contributed by atoms with Gasteiger partial charge in [-0.1, -0.05) is 18.2 Å². The number of hydrogen-bond donors (Lipinski definition) is 2. The Bertz CT molecular complexity index is 1290. The van der Waals surface area contributed by atoms with Crippen molar-refractivity contribution in [1.82, 2.24) is 9.97 Å². The smallest absolute Gasteiger partial charge is 0.198 e. The molecule has 0 bridgehead atoms. The first-order chi connectivity index (χ1) is 13.8. The molecule has 0 atom stereocenters. The Morgan fingerprint density at radius 1 is 0.964 bits per heavy atom. The number of H-pyrrole nitrogens is 1. The van der Waals surface area contributed by atoms with E-state index in [1.54, 1.807) is 23.1 Å². The minimum absolute atomic E-state index is 0.101. The van der Waals surface area contributed by atoms with E-state index in [0.717, 1.165) is 38.3 Å². The van der Waals surface area contributed by atoms with E-state index < -0.39 is 0 Å². The van der Waals surface area contributed by atoms with Gasteiger partial charge >= 0.3 is 0 Å². The number of para-hydroxylation sites is 1. The number of aliphatic imine (C=N–C) groups is 1. The fourth-order valence-electron chi connectivity index (χ4n) is 3.10. The largest absolute Gasteiger partial charge is 0.494 e. The molecular weight excluding hydrogens is 370 g/mol. The highest BCUT2D eigenvalue weighted by Gasteiger charge is 2.13. The third-order valence-corrected chi connectivity index (χ3v) is 5.29. The summed E-state index contributed by atoms with van der Waals surface area (Å²) in [6.07, 6.45) is 1.68. The van der Waals surface area contributed by atoms with Crippen LogP contribution in [0.3, 0.4) is 0 Å². The number of thiazole rings is 1. The second-order valence-corrected chi connectivity index (χ2v) is 7.10. The maximum absolute atomic E-state index is 10.3. The molecule has 0 aliphatic carbocycles. The maximum atomic E-state index is 10.3. The van der Waals surface area contributed by atoms with Gasteiger partial charge in [0, 0.05) is 11.6 Å². The van der Waals surface area contributed by atoms with Crippen molar-refractivity contribution in [3.8, 4) is 17.4 Å². The molecule has 28 heavy (non-hydrogen) atoms. The van der Waals surface area contributed by atoms with E-state index in [1.165, 1.54) is 0 Å². The van der Waals surface area contributed by atoms with Crippen molar-refractivity contribution in [3.63, 3.8) is 0 Å². The van der Waals surface area contributed by atoms with Gasteiger partial charge in [-0.25, -0.2) is 4.98 Å². The molecule has 2 N–H and O–H groups in total. The molecule has 0 aliphatic heterocycles. The molecule has 0 unspecified atom stereocenters. The molecule has 5 nitrogen and oxygen atoms in total. The van der Waals surface area contributed by atoms with Crippen LogP contribution in [0.4, 0.5) is 5.69 Å². The lowest BCUT2D eigenvalue weighted by molar-refractivity contribution is 0.457. The molecule has 0 saturated carbocycles. The normalized spacial score (nSPS) is 11.6. The Balaban J connectivity index is 1.45. The summed E-state index contributed by atoms with van der Waals surface area (Å²) in [7, 11) is 0. The number of aromatic hydroxyl groups is 1. The summed E-state index contributed by atoms with van der Waals surface area (Å²) in [6, 6.07) is 21.0. The number of rotatable bonds is 4. The molecule has 0 aliphatic rings. The zero-order valence-electron chi connectivity index (χ0n) is 14.7. The van der Waals surface area contributed by atoms with Crippen molar-refractivity contribution in [2.75, 3.05) is 0 Å². The number of benzene rings is 3. The molecule has 2 heterocycles. The van der Waals surface area contributed by atoms with Crippen LogP contribution < -0.4 is 4.74 Å². The summed E-state index contributed by atoms with van der Waals surface area (Å²) in [5, 5.41) is 11.3. The molecule has 3 aromatic carbocycles. The van der Waals surface area contributed by atoms with Gasteiger partial charge in [0.15, 0.2) is 5.88 Å².